The molecular formula is C60H56F9N9O7. The second-order valence-corrected chi connectivity index (χ2v) is 18.8. The van der Waals surface area contributed by atoms with Crippen molar-refractivity contribution in [1.29, 1.82) is 0 Å². The number of carbonyl (C=O) groups excluding carboxylic acids is 2. The molecule has 6 heterocycles. The molecule has 85 heavy (non-hydrogen) atoms. The number of benzene rings is 3. The Kier molecular flexibility index (Phi) is 21.3. The number of nitrogens with one attached hydrogen (secondary N) is 2. The van der Waals surface area contributed by atoms with Crippen LogP contribution in [0.3, 0.4) is 0 Å². The molecule has 3 atom stereocenters. The largest absolute Gasteiger partial charge is 0.478 e. The summed E-state index contributed by atoms with van der Waals surface area (Å²) in [5.41, 5.74) is 6.72. The number of amides is 2. The number of hydrogen-bond donors (Lipinski definition) is 4. The molecule has 0 radical (unpaired) electrons. The van der Waals surface area contributed by atoms with E-state index in [0.717, 1.165) is 24.3 Å². The number of nitrogen functional groups attached to an aromatic ring is 1. The molecule has 25 heteroatoms. The van der Waals surface area contributed by atoms with Gasteiger partial charge in [0.2, 0.25) is 11.8 Å². The average Bonchev–Trinajstić information content (AvgIpc) is 3.14. The van der Waals surface area contributed by atoms with Gasteiger partial charge in [-0.05, 0) is 131 Å². The Morgan fingerprint density at radius 1 is 0.506 bits per heavy atom. The SMILES string of the molecule is Cc1ccc(C(C)n2cc(N)cn2)c(C(F)(F)F)c1.Cc1ccc([C@@H](C)n2cc(NC(=O)/C=C/c3ccco3)cn2)c(C(F)(F)F)c1.Cc1ccc([C@H](C)n2cc(NC(=O)/C=C/c3ccco3)cn2)c(C(F)(F)F)c1.O=C(O)/C=C/c1ccco1. The summed E-state index contributed by atoms with van der Waals surface area (Å²) in [7, 11) is 0. The Bertz CT molecular complexity index is 3560. The van der Waals surface area contributed by atoms with Gasteiger partial charge in [0.25, 0.3) is 0 Å². The lowest BCUT2D eigenvalue weighted by Crippen LogP contribution is -2.16. The van der Waals surface area contributed by atoms with Gasteiger partial charge in [0.15, 0.2) is 0 Å². The molecule has 1 unspecified atom stereocenters. The summed E-state index contributed by atoms with van der Waals surface area (Å²) < 4.78 is 139. The molecular weight excluding hydrogens is 1130 g/mol. The van der Waals surface area contributed by atoms with Gasteiger partial charge in [-0.15, -0.1) is 0 Å². The first-order valence-corrected chi connectivity index (χ1v) is 25.5. The fourth-order valence-electron chi connectivity index (χ4n) is 8.06. The van der Waals surface area contributed by atoms with Gasteiger partial charge in [0.1, 0.15) is 17.3 Å². The predicted molar refractivity (Wildman–Crippen MR) is 299 cm³/mol. The summed E-state index contributed by atoms with van der Waals surface area (Å²) in [4.78, 5) is 33.9. The fourth-order valence-corrected chi connectivity index (χ4v) is 8.06. The van der Waals surface area contributed by atoms with Gasteiger partial charge in [-0.3, -0.25) is 23.6 Å². The minimum absolute atomic E-state index is 0.108. The number of aromatic nitrogens is 6. The van der Waals surface area contributed by atoms with Crippen LogP contribution in [-0.2, 0) is 32.9 Å². The van der Waals surface area contributed by atoms with Crippen molar-refractivity contribution in [1.82, 2.24) is 29.3 Å². The summed E-state index contributed by atoms with van der Waals surface area (Å²) >= 11 is 0. The zero-order chi connectivity index (χ0) is 62.2. The normalized spacial score (nSPS) is 12.8. The van der Waals surface area contributed by atoms with E-state index in [2.05, 4.69) is 25.9 Å². The second-order valence-electron chi connectivity index (χ2n) is 18.8. The van der Waals surface area contributed by atoms with Gasteiger partial charge >= 0.3 is 24.5 Å². The van der Waals surface area contributed by atoms with Gasteiger partial charge < -0.3 is 34.7 Å². The smallest absolute Gasteiger partial charge is 0.416 e. The molecule has 3 aromatic carbocycles. The first-order chi connectivity index (χ1) is 40.0. The maximum Gasteiger partial charge on any atom is 0.416 e. The van der Waals surface area contributed by atoms with Crippen LogP contribution in [0.15, 0.2) is 178 Å². The number of anilines is 3. The van der Waals surface area contributed by atoms with Crippen molar-refractivity contribution in [3.63, 3.8) is 0 Å². The zero-order valence-electron chi connectivity index (χ0n) is 46.1. The van der Waals surface area contributed by atoms with E-state index < -0.39 is 71.1 Å². The first kappa shape index (κ1) is 64.1. The average molecular weight is 1190 g/mol. The molecule has 0 spiro atoms. The Morgan fingerprint density at radius 3 is 1.11 bits per heavy atom. The fraction of sp³-hybridized carbons (Fsp3) is 0.200. The lowest BCUT2D eigenvalue weighted by atomic mass is 9.99. The Labute approximate surface area is 480 Å². The number of rotatable bonds is 14. The highest BCUT2D eigenvalue weighted by molar-refractivity contribution is 6.02. The monoisotopic (exact) mass is 1190 g/mol. The number of hydrogen-bond acceptors (Lipinski definition) is 10. The number of nitrogens with two attached hydrogens (primary N) is 1. The van der Waals surface area contributed by atoms with Gasteiger partial charge in [0.05, 0.1) is 89.3 Å². The highest BCUT2D eigenvalue weighted by Gasteiger charge is 2.37. The van der Waals surface area contributed by atoms with Crippen molar-refractivity contribution < 1.29 is 72.3 Å². The number of nitrogens with zero attached hydrogens (tertiary/aromatic N) is 6. The van der Waals surface area contributed by atoms with Crippen LogP contribution in [0.5, 0.6) is 0 Å². The molecule has 0 saturated carbocycles. The standard InChI is InChI=1S/2C20H18F3N3O2.C13H14F3N3.C7H6O3/c2*1-13-5-7-17(18(10-13)20(21,22)23)14(2)26-12-15(11-24-26)25-19(27)8-6-16-4-3-9-28-16;1-8-3-4-11(12(5-8)13(14,15)16)9(2)19-7-10(17)6-18-19;8-7(9)4-3-6-2-1-5-10-6/h2*3-12,14H,1-2H3,(H,25,27);3-7,9H,17H2,1-2H3;1-5H,(H,8,9)/b2*8-6+;;4-3+/t2*14-;;/m10../s1. The quantitative estimate of drug-likeness (QED) is 0.0593. The number of alkyl halides is 9. The number of furan rings is 3. The molecule has 0 aliphatic rings. The third-order valence-corrected chi connectivity index (χ3v) is 12.3. The van der Waals surface area contributed by atoms with Crippen LogP contribution in [0.4, 0.5) is 56.6 Å². The van der Waals surface area contributed by atoms with Crippen LogP contribution in [0, 0.1) is 20.8 Å². The van der Waals surface area contributed by atoms with Gasteiger partial charge in [-0.1, -0.05) is 53.1 Å². The molecule has 16 nitrogen and oxygen atoms in total. The number of aliphatic carboxylic acids is 1. The summed E-state index contributed by atoms with van der Waals surface area (Å²) in [6.45, 7) is 9.76. The number of carbonyl (C=O) groups is 3. The maximum absolute atomic E-state index is 13.4. The van der Waals surface area contributed by atoms with Gasteiger partial charge in [-0.2, -0.15) is 54.8 Å². The minimum Gasteiger partial charge on any atom is -0.478 e. The minimum atomic E-state index is -4.46. The summed E-state index contributed by atoms with van der Waals surface area (Å²) in [6.07, 6.45) is 7.86. The van der Waals surface area contributed by atoms with E-state index in [1.807, 2.05) is 0 Å². The van der Waals surface area contributed by atoms with Crippen LogP contribution < -0.4 is 16.4 Å². The van der Waals surface area contributed by atoms with E-state index in [1.165, 1.54) is 119 Å². The van der Waals surface area contributed by atoms with E-state index in [0.29, 0.717) is 51.0 Å². The van der Waals surface area contributed by atoms with E-state index in [-0.39, 0.29) is 16.7 Å². The molecule has 0 aliphatic heterocycles. The molecule has 0 aliphatic carbocycles. The van der Waals surface area contributed by atoms with Crippen molar-refractivity contribution in [3.8, 4) is 0 Å². The van der Waals surface area contributed by atoms with E-state index in [4.69, 9.17) is 24.1 Å². The van der Waals surface area contributed by atoms with Crippen LogP contribution in [0.1, 0.15) is 106 Å². The van der Waals surface area contributed by atoms with Crippen molar-refractivity contribution in [3.05, 3.63) is 233 Å². The molecule has 0 fully saturated rings. The highest BCUT2D eigenvalue weighted by atomic mass is 19.4. The Hall–Kier alpha value is -10.1. The van der Waals surface area contributed by atoms with Crippen LogP contribution in [-0.4, -0.2) is 52.2 Å². The number of carboxylic acid groups (broad SMARTS) is 1. The van der Waals surface area contributed by atoms with Crippen molar-refractivity contribution in [2.75, 3.05) is 16.4 Å². The third kappa shape index (κ3) is 19.0. The van der Waals surface area contributed by atoms with Crippen molar-refractivity contribution >= 4 is 53.1 Å². The lowest BCUT2D eigenvalue weighted by Gasteiger charge is -2.19. The molecule has 2 amide bonds. The number of aryl methyl sites for hydroxylation is 3. The second kappa shape index (κ2) is 28.3. The third-order valence-electron chi connectivity index (χ3n) is 12.3. The molecule has 446 valence electrons. The molecule has 5 N–H and O–H groups in total. The summed E-state index contributed by atoms with van der Waals surface area (Å²) in [5, 5.41) is 25.6. The number of halogens is 9. The topological polar surface area (TPSA) is 214 Å². The molecule has 9 rings (SSSR count). The molecule has 0 saturated heterocycles. The first-order valence-electron chi connectivity index (χ1n) is 25.5. The van der Waals surface area contributed by atoms with Crippen LogP contribution >= 0.6 is 0 Å². The van der Waals surface area contributed by atoms with Gasteiger partial charge in [-0.25, -0.2) is 4.79 Å². The summed E-state index contributed by atoms with van der Waals surface area (Å²) in [6, 6.07) is 21.0. The molecule has 0 bridgehead atoms. The highest BCUT2D eigenvalue weighted by Crippen LogP contribution is 2.39. The number of carboxylic acids is 1. The van der Waals surface area contributed by atoms with Crippen molar-refractivity contribution in [2.45, 2.75) is 78.2 Å². The van der Waals surface area contributed by atoms with Gasteiger partial charge in [0, 0.05) is 36.8 Å². The van der Waals surface area contributed by atoms with Crippen LogP contribution in [0.25, 0.3) is 18.2 Å². The maximum atomic E-state index is 13.4. The predicted octanol–water partition coefficient (Wildman–Crippen LogP) is 14.9. The van der Waals surface area contributed by atoms with E-state index in [1.54, 1.807) is 96.1 Å². The van der Waals surface area contributed by atoms with E-state index in [9.17, 15) is 53.9 Å². The Morgan fingerprint density at radius 2 is 0.824 bits per heavy atom. The van der Waals surface area contributed by atoms with Crippen LogP contribution in [0.2, 0.25) is 0 Å². The summed E-state index contributed by atoms with van der Waals surface area (Å²) in [5.74, 6) is -0.194. The zero-order valence-corrected chi connectivity index (χ0v) is 46.1. The Balaban J connectivity index is 0.000000191. The lowest BCUT2D eigenvalue weighted by molar-refractivity contribution is -0.139. The molecule has 9 aromatic rings. The van der Waals surface area contributed by atoms with E-state index >= 15 is 0 Å². The van der Waals surface area contributed by atoms with Crippen molar-refractivity contribution in [2.24, 2.45) is 0 Å². The molecule has 6 aromatic heterocycles.